The van der Waals surface area contributed by atoms with Crippen LogP contribution in [0.4, 0.5) is 5.69 Å². The predicted octanol–water partition coefficient (Wildman–Crippen LogP) is 4.52. The fourth-order valence-corrected chi connectivity index (χ4v) is 3.63. The molecular formula is C26H25N2O+. The molecule has 4 aromatic rings. The summed E-state index contributed by atoms with van der Waals surface area (Å²) in [6.07, 6.45) is 0. The molecule has 3 heteroatoms. The summed E-state index contributed by atoms with van der Waals surface area (Å²) < 4.78 is 0. The van der Waals surface area contributed by atoms with Gasteiger partial charge < -0.3 is 10.6 Å². The van der Waals surface area contributed by atoms with Gasteiger partial charge in [-0.1, -0.05) is 91.0 Å². The minimum Gasteiger partial charge on any atom is -0.326 e. The third kappa shape index (κ3) is 4.53. The number of rotatable bonds is 6. The zero-order valence-electron chi connectivity index (χ0n) is 16.5. The summed E-state index contributed by atoms with van der Waals surface area (Å²) in [7, 11) is 0. The van der Waals surface area contributed by atoms with Crippen LogP contribution >= 0.6 is 0 Å². The van der Waals surface area contributed by atoms with Crippen molar-refractivity contribution in [3.63, 3.8) is 0 Å². The molecule has 0 radical (unpaired) electrons. The highest BCUT2D eigenvalue weighted by Gasteiger charge is 2.24. The van der Waals surface area contributed by atoms with Gasteiger partial charge in [-0.3, -0.25) is 4.79 Å². The zero-order chi connectivity index (χ0) is 20.1. The molecule has 0 saturated carbocycles. The first-order chi connectivity index (χ1) is 14.2. The van der Waals surface area contributed by atoms with Crippen molar-refractivity contribution in [1.82, 2.24) is 0 Å². The molecule has 29 heavy (non-hydrogen) atoms. The van der Waals surface area contributed by atoms with Crippen LogP contribution in [0, 0.1) is 0 Å². The Morgan fingerprint density at radius 3 is 1.90 bits per heavy atom. The zero-order valence-corrected chi connectivity index (χ0v) is 16.5. The molecule has 0 unspecified atom stereocenters. The van der Waals surface area contributed by atoms with E-state index in [9.17, 15) is 4.79 Å². The van der Waals surface area contributed by atoms with E-state index in [4.69, 9.17) is 0 Å². The predicted molar refractivity (Wildman–Crippen MR) is 119 cm³/mol. The van der Waals surface area contributed by atoms with Crippen LogP contribution in [0.2, 0.25) is 0 Å². The highest BCUT2D eigenvalue weighted by atomic mass is 16.2. The first-order valence-electron chi connectivity index (χ1n) is 9.95. The number of carbonyl (C=O) groups excluding carboxylic acids is 1. The number of hydrogen-bond acceptors (Lipinski definition) is 1. The lowest BCUT2D eigenvalue weighted by Gasteiger charge is -2.21. The molecule has 1 amide bonds. The van der Waals surface area contributed by atoms with E-state index in [1.807, 2.05) is 73.7 Å². The van der Waals surface area contributed by atoms with Gasteiger partial charge in [0.15, 0.2) is 6.04 Å². The summed E-state index contributed by atoms with van der Waals surface area (Å²) in [5, 5.41) is 7.48. The molecule has 0 fully saturated rings. The average Bonchev–Trinajstić information content (AvgIpc) is 2.78. The van der Waals surface area contributed by atoms with E-state index in [0.717, 1.165) is 11.1 Å². The van der Waals surface area contributed by atoms with Gasteiger partial charge in [-0.05, 0) is 29.8 Å². The largest absolute Gasteiger partial charge is 0.326 e. The third-order valence-corrected chi connectivity index (χ3v) is 5.23. The second-order valence-electron chi connectivity index (χ2n) is 7.33. The van der Waals surface area contributed by atoms with Crippen LogP contribution in [-0.2, 0) is 4.79 Å². The Bertz CT molecular complexity index is 1050. The summed E-state index contributed by atoms with van der Waals surface area (Å²) in [4.78, 5) is 12.9. The van der Waals surface area contributed by atoms with E-state index >= 15 is 0 Å². The summed E-state index contributed by atoms with van der Waals surface area (Å²) in [5.41, 5.74) is 3.19. The van der Waals surface area contributed by atoms with E-state index in [-0.39, 0.29) is 18.0 Å². The number of fused-ring (bicyclic) bond motifs is 1. The standard InChI is InChI=1S/C26H24N2O/c1-19(26(29)28-24-17-16-20-10-8-9-15-23(20)18-24)27-25(21-11-4-2-5-12-21)22-13-6-3-7-14-22/h2-19,25,27H,1H3,(H,28,29)/p+1/t19-/m0/s1. The minimum atomic E-state index is -0.244. The fraction of sp³-hybridized carbons (Fsp3) is 0.115. The van der Waals surface area contributed by atoms with Gasteiger partial charge in [0.25, 0.3) is 5.91 Å². The van der Waals surface area contributed by atoms with E-state index in [2.05, 4.69) is 47.0 Å². The van der Waals surface area contributed by atoms with Gasteiger partial charge in [-0.15, -0.1) is 0 Å². The van der Waals surface area contributed by atoms with Crippen LogP contribution in [0.5, 0.6) is 0 Å². The van der Waals surface area contributed by atoms with Crippen LogP contribution < -0.4 is 10.6 Å². The van der Waals surface area contributed by atoms with E-state index in [1.165, 1.54) is 16.5 Å². The monoisotopic (exact) mass is 381 g/mol. The van der Waals surface area contributed by atoms with Gasteiger partial charge in [0.1, 0.15) is 6.04 Å². The molecule has 4 rings (SSSR count). The van der Waals surface area contributed by atoms with Gasteiger partial charge >= 0.3 is 0 Å². The molecule has 0 aliphatic heterocycles. The Morgan fingerprint density at radius 1 is 0.724 bits per heavy atom. The Hall–Kier alpha value is -3.43. The van der Waals surface area contributed by atoms with Crippen molar-refractivity contribution in [3.8, 4) is 0 Å². The summed E-state index contributed by atoms with van der Waals surface area (Å²) in [6.45, 7) is 1.95. The van der Waals surface area contributed by atoms with Crippen molar-refractivity contribution in [2.24, 2.45) is 0 Å². The second-order valence-corrected chi connectivity index (χ2v) is 7.33. The molecule has 0 spiro atoms. The molecule has 0 aromatic heterocycles. The van der Waals surface area contributed by atoms with Crippen molar-refractivity contribution < 1.29 is 10.1 Å². The molecule has 0 saturated heterocycles. The third-order valence-electron chi connectivity index (χ3n) is 5.23. The highest BCUT2D eigenvalue weighted by Crippen LogP contribution is 2.20. The van der Waals surface area contributed by atoms with Crippen LogP contribution in [0.15, 0.2) is 103 Å². The number of benzene rings is 4. The molecule has 0 aliphatic rings. The van der Waals surface area contributed by atoms with Crippen LogP contribution in [0.3, 0.4) is 0 Å². The minimum absolute atomic E-state index is 0.00265. The van der Waals surface area contributed by atoms with Gasteiger partial charge in [-0.2, -0.15) is 0 Å². The molecule has 0 heterocycles. The maximum atomic E-state index is 12.9. The topological polar surface area (TPSA) is 45.7 Å². The molecule has 0 aliphatic carbocycles. The quantitative estimate of drug-likeness (QED) is 0.507. The number of amides is 1. The molecule has 1 atom stereocenters. The molecule has 3 nitrogen and oxygen atoms in total. The van der Waals surface area contributed by atoms with E-state index in [1.54, 1.807) is 0 Å². The number of nitrogens with two attached hydrogens (primary N) is 1. The fourth-order valence-electron chi connectivity index (χ4n) is 3.63. The first kappa shape index (κ1) is 18.9. The Balaban J connectivity index is 1.52. The number of hydrogen-bond donors (Lipinski definition) is 2. The van der Waals surface area contributed by atoms with Gasteiger partial charge in [0.05, 0.1) is 0 Å². The lowest BCUT2D eigenvalue weighted by atomic mass is 9.98. The lowest BCUT2D eigenvalue weighted by molar-refractivity contribution is -0.704. The lowest BCUT2D eigenvalue weighted by Crippen LogP contribution is -2.92. The smallest absolute Gasteiger partial charge is 0.282 e. The van der Waals surface area contributed by atoms with Crippen LogP contribution in [0.25, 0.3) is 10.8 Å². The molecule has 3 N–H and O–H groups in total. The SMILES string of the molecule is C[C@H]([NH2+]C(c1ccccc1)c1ccccc1)C(=O)Nc1ccc2ccccc2c1. The Morgan fingerprint density at radius 2 is 1.28 bits per heavy atom. The molecular weight excluding hydrogens is 356 g/mol. The maximum absolute atomic E-state index is 12.9. The Labute approximate surface area is 171 Å². The van der Waals surface area contributed by atoms with E-state index in [0.29, 0.717) is 0 Å². The molecule has 144 valence electrons. The van der Waals surface area contributed by atoms with Crippen molar-refractivity contribution >= 4 is 22.4 Å². The number of quaternary nitrogens is 1. The number of anilines is 1. The molecule has 0 bridgehead atoms. The van der Waals surface area contributed by atoms with Crippen molar-refractivity contribution in [3.05, 3.63) is 114 Å². The van der Waals surface area contributed by atoms with Crippen molar-refractivity contribution in [2.45, 2.75) is 19.0 Å². The van der Waals surface area contributed by atoms with Crippen LogP contribution in [0.1, 0.15) is 24.1 Å². The van der Waals surface area contributed by atoms with Gasteiger partial charge in [0, 0.05) is 16.8 Å². The summed E-state index contributed by atoms with van der Waals surface area (Å²) in [5.74, 6) is -0.00265. The van der Waals surface area contributed by atoms with E-state index < -0.39 is 0 Å². The van der Waals surface area contributed by atoms with Crippen LogP contribution in [-0.4, -0.2) is 11.9 Å². The highest BCUT2D eigenvalue weighted by molar-refractivity contribution is 5.96. The number of nitrogens with one attached hydrogen (secondary N) is 1. The summed E-state index contributed by atoms with van der Waals surface area (Å²) in [6, 6.07) is 34.6. The van der Waals surface area contributed by atoms with Crippen molar-refractivity contribution in [2.75, 3.05) is 5.32 Å². The van der Waals surface area contributed by atoms with Crippen molar-refractivity contribution in [1.29, 1.82) is 0 Å². The molecule has 4 aromatic carbocycles. The average molecular weight is 381 g/mol. The first-order valence-corrected chi connectivity index (χ1v) is 9.95. The normalized spacial score (nSPS) is 12.1. The van der Waals surface area contributed by atoms with Gasteiger partial charge in [0.2, 0.25) is 0 Å². The second kappa shape index (κ2) is 8.72. The van der Waals surface area contributed by atoms with Gasteiger partial charge in [-0.25, -0.2) is 0 Å². The number of carbonyl (C=O) groups is 1. The Kier molecular flexibility index (Phi) is 5.68. The maximum Gasteiger partial charge on any atom is 0.282 e. The summed E-state index contributed by atoms with van der Waals surface area (Å²) >= 11 is 0.